The van der Waals surface area contributed by atoms with Gasteiger partial charge in [0.05, 0.1) is 24.0 Å². The molecule has 2 heterocycles. The van der Waals surface area contributed by atoms with Crippen LogP contribution in [-0.4, -0.2) is 36.5 Å². The summed E-state index contributed by atoms with van der Waals surface area (Å²) in [4.78, 5) is 23.5. The number of nitrogens with zero attached hydrogens (tertiary/aromatic N) is 4. The maximum absolute atomic E-state index is 12.8. The monoisotopic (exact) mass is 407 g/mol. The molecular formula is C18H16F3N5O3. The third-order valence-corrected chi connectivity index (χ3v) is 4.14. The molecule has 11 heteroatoms. The number of aromatic nitrogens is 4. The third-order valence-electron chi connectivity index (χ3n) is 4.14. The molecule has 152 valence electrons. The maximum Gasteiger partial charge on any atom is 0.416 e. The Kier molecular flexibility index (Phi) is 5.39. The van der Waals surface area contributed by atoms with Crippen LogP contribution >= 0.6 is 0 Å². The zero-order valence-electron chi connectivity index (χ0n) is 15.1. The van der Waals surface area contributed by atoms with E-state index < -0.39 is 29.7 Å². The van der Waals surface area contributed by atoms with Crippen LogP contribution in [-0.2, 0) is 17.5 Å². The van der Waals surface area contributed by atoms with Crippen LogP contribution in [0.25, 0.3) is 0 Å². The standard InChI is InChI=1S/C18H16F3N5O3/c1-11(26-15(17(28)29)5-6-22-26)16(27)24-14-8-23-25(10-14)9-12-3-2-4-13(7-12)18(19,20)21/h2-8,10-11H,9H2,1H3,(H,24,27)(H,28,29). The predicted molar refractivity (Wildman–Crippen MR) is 95.3 cm³/mol. The number of alkyl halides is 3. The van der Waals surface area contributed by atoms with E-state index in [2.05, 4.69) is 15.5 Å². The maximum atomic E-state index is 12.8. The van der Waals surface area contributed by atoms with Gasteiger partial charge in [-0.15, -0.1) is 0 Å². The molecule has 2 aromatic heterocycles. The number of carboxylic acids is 1. The van der Waals surface area contributed by atoms with Crippen molar-refractivity contribution in [2.75, 3.05) is 5.32 Å². The van der Waals surface area contributed by atoms with Gasteiger partial charge in [0.1, 0.15) is 11.7 Å². The molecule has 0 aliphatic rings. The molecule has 0 fully saturated rings. The number of hydrogen-bond acceptors (Lipinski definition) is 4. The number of rotatable bonds is 6. The zero-order chi connectivity index (χ0) is 21.2. The summed E-state index contributed by atoms with van der Waals surface area (Å²) in [6.45, 7) is 1.57. The van der Waals surface area contributed by atoms with Gasteiger partial charge in [0.25, 0.3) is 0 Å². The molecule has 0 aliphatic heterocycles. The molecule has 0 saturated carbocycles. The molecule has 3 rings (SSSR count). The Balaban J connectivity index is 1.68. The molecule has 8 nitrogen and oxygen atoms in total. The second-order valence-corrected chi connectivity index (χ2v) is 6.26. The topological polar surface area (TPSA) is 102 Å². The smallest absolute Gasteiger partial charge is 0.416 e. The fraction of sp³-hybridized carbons (Fsp3) is 0.222. The van der Waals surface area contributed by atoms with E-state index in [1.54, 1.807) is 6.07 Å². The van der Waals surface area contributed by atoms with Gasteiger partial charge in [-0.25, -0.2) is 9.48 Å². The summed E-state index contributed by atoms with van der Waals surface area (Å²) < 4.78 is 40.9. The van der Waals surface area contributed by atoms with Gasteiger partial charge in [-0.2, -0.15) is 23.4 Å². The summed E-state index contributed by atoms with van der Waals surface area (Å²) in [5, 5.41) is 19.6. The van der Waals surface area contributed by atoms with Crippen LogP contribution in [0.5, 0.6) is 0 Å². The first-order valence-corrected chi connectivity index (χ1v) is 8.41. The van der Waals surface area contributed by atoms with Crippen LogP contribution in [0.1, 0.15) is 34.6 Å². The highest BCUT2D eigenvalue weighted by atomic mass is 19.4. The third kappa shape index (κ3) is 4.62. The van der Waals surface area contributed by atoms with E-state index in [0.29, 0.717) is 11.3 Å². The lowest BCUT2D eigenvalue weighted by Crippen LogP contribution is -2.26. The van der Waals surface area contributed by atoms with Crippen LogP contribution in [0.15, 0.2) is 48.9 Å². The van der Waals surface area contributed by atoms with Crippen LogP contribution in [0.3, 0.4) is 0 Å². The number of hydrogen-bond donors (Lipinski definition) is 2. The second-order valence-electron chi connectivity index (χ2n) is 6.26. The van der Waals surface area contributed by atoms with Crippen molar-refractivity contribution in [2.45, 2.75) is 25.7 Å². The second kappa shape index (κ2) is 7.78. The highest BCUT2D eigenvalue weighted by Crippen LogP contribution is 2.29. The molecular weight excluding hydrogens is 391 g/mol. The highest BCUT2D eigenvalue weighted by molar-refractivity contribution is 5.94. The minimum atomic E-state index is -4.43. The van der Waals surface area contributed by atoms with Crippen LogP contribution in [0.2, 0.25) is 0 Å². The minimum Gasteiger partial charge on any atom is -0.477 e. The first kappa shape index (κ1) is 20.1. The SMILES string of the molecule is CC(C(=O)Nc1cnn(Cc2cccc(C(F)(F)F)c2)c1)n1nccc1C(=O)O. The Labute approximate surface area is 162 Å². The molecule has 0 spiro atoms. The van der Waals surface area contributed by atoms with E-state index in [4.69, 9.17) is 5.11 Å². The van der Waals surface area contributed by atoms with Crippen molar-refractivity contribution in [3.63, 3.8) is 0 Å². The van der Waals surface area contributed by atoms with Crippen LogP contribution in [0, 0.1) is 0 Å². The van der Waals surface area contributed by atoms with Gasteiger partial charge >= 0.3 is 12.1 Å². The number of nitrogens with one attached hydrogen (secondary N) is 1. The summed E-state index contributed by atoms with van der Waals surface area (Å²) in [7, 11) is 0. The van der Waals surface area contributed by atoms with E-state index in [1.807, 2.05) is 0 Å². The van der Waals surface area contributed by atoms with Gasteiger partial charge < -0.3 is 10.4 Å². The van der Waals surface area contributed by atoms with Gasteiger partial charge in [0.2, 0.25) is 5.91 Å². The van der Waals surface area contributed by atoms with Crippen molar-refractivity contribution in [3.8, 4) is 0 Å². The summed E-state index contributed by atoms with van der Waals surface area (Å²) >= 11 is 0. The summed E-state index contributed by atoms with van der Waals surface area (Å²) in [5.74, 6) is -1.73. The number of carbonyl (C=O) groups is 2. The van der Waals surface area contributed by atoms with Gasteiger partial charge in [0.15, 0.2) is 0 Å². The Morgan fingerprint density at radius 1 is 1.24 bits per heavy atom. The minimum absolute atomic E-state index is 0.0810. The molecule has 2 N–H and O–H groups in total. The number of benzene rings is 1. The van der Waals surface area contributed by atoms with Gasteiger partial charge in [-0.1, -0.05) is 12.1 Å². The molecule has 3 aromatic rings. The van der Waals surface area contributed by atoms with Crippen molar-refractivity contribution >= 4 is 17.6 Å². The van der Waals surface area contributed by atoms with Crippen molar-refractivity contribution in [2.24, 2.45) is 0 Å². The quantitative estimate of drug-likeness (QED) is 0.654. The normalized spacial score (nSPS) is 12.6. The largest absolute Gasteiger partial charge is 0.477 e. The van der Waals surface area contributed by atoms with E-state index >= 15 is 0 Å². The molecule has 0 bridgehead atoms. The van der Waals surface area contributed by atoms with Gasteiger partial charge in [0, 0.05) is 12.4 Å². The van der Waals surface area contributed by atoms with E-state index in [9.17, 15) is 22.8 Å². The fourth-order valence-electron chi connectivity index (χ4n) is 2.70. The number of carbonyl (C=O) groups excluding carboxylic acids is 1. The lowest BCUT2D eigenvalue weighted by molar-refractivity contribution is -0.137. The van der Waals surface area contributed by atoms with Gasteiger partial charge in [-0.05, 0) is 30.7 Å². The van der Waals surface area contributed by atoms with Gasteiger partial charge in [-0.3, -0.25) is 9.48 Å². The van der Waals surface area contributed by atoms with Crippen molar-refractivity contribution in [1.29, 1.82) is 0 Å². The molecule has 0 radical (unpaired) electrons. The first-order chi connectivity index (χ1) is 13.6. The van der Waals surface area contributed by atoms with E-state index in [-0.39, 0.29) is 12.2 Å². The van der Waals surface area contributed by atoms with Crippen LogP contribution in [0.4, 0.5) is 18.9 Å². The molecule has 1 atom stereocenters. The predicted octanol–water partition coefficient (Wildman–Crippen LogP) is 3.04. The molecule has 1 amide bonds. The molecule has 1 unspecified atom stereocenters. The lowest BCUT2D eigenvalue weighted by atomic mass is 10.1. The first-order valence-electron chi connectivity index (χ1n) is 8.41. The zero-order valence-corrected chi connectivity index (χ0v) is 15.1. The summed E-state index contributed by atoms with van der Waals surface area (Å²) in [6.07, 6.45) is -0.345. The molecule has 0 aliphatic carbocycles. The van der Waals surface area contributed by atoms with E-state index in [0.717, 1.165) is 16.8 Å². The Hall–Kier alpha value is -3.63. The fourth-order valence-corrected chi connectivity index (χ4v) is 2.70. The van der Waals surface area contributed by atoms with Crippen molar-refractivity contribution in [3.05, 3.63) is 65.7 Å². The lowest BCUT2D eigenvalue weighted by Gasteiger charge is -2.13. The average molecular weight is 407 g/mol. The number of aromatic carboxylic acids is 1. The number of halogens is 3. The molecule has 1 aromatic carbocycles. The summed E-state index contributed by atoms with van der Waals surface area (Å²) in [6, 6.07) is 5.26. The number of anilines is 1. The van der Waals surface area contributed by atoms with Crippen molar-refractivity contribution < 1.29 is 27.9 Å². The van der Waals surface area contributed by atoms with Crippen molar-refractivity contribution in [1.82, 2.24) is 19.6 Å². The Bertz CT molecular complexity index is 1040. The molecule has 0 saturated heterocycles. The molecule has 29 heavy (non-hydrogen) atoms. The highest BCUT2D eigenvalue weighted by Gasteiger charge is 2.30. The Morgan fingerprint density at radius 3 is 2.69 bits per heavy atom. The number of amides is 1. The Morgan fingerprint density at radius 2 is 2.00 bits per heavy atom. The average Bonchev–Trinajstić information content (AvgIpc) is 3.30. The number of carboxylic acid groups (broad SMARTS) is 1. The van der Waals surface area contributed by atoms with Crippen LogP contribution < -0.4 is 5.32 Å². The van der Waals surface area contributed by atoms with E-state index in [1.165, 1.54) is 42.3 Å². The summed E-state index contributed by atoms with van der Waals surface area (Å²) in [5.41, 5.74) is -0.166.